The number of ether oxygens (including phenoxy) is 1. The molecular formula is C24H21BrN2O4. The normalized spacial score (nSPS) is 11.9. The highest BCUT2D eigenvalue weighted by Gasteiger charge is 2.19. The van der Waals surface area contributed by atoms with Gasteiger partial charge in [-0.15, -0.1) is 0 Å². The van der Waals surface area contributed by atoms with Crippen LogP contribution in [-0.4, -0.2) is 27.2 Å². The third kappa shape index (κ3) is 5.44. The number of hydrogen-bond donors (Lipinski definition) is 1. The average molecular weight is 481 g/mol. The Hall–Kier alpha value is -3.32. The molecule has 1 N–H and O–H groups in total. The number of aliphatic carboxylic acids is 1. The van der Waals surface area contributed by atoms with E-state index in [0.29, 0.717) is 25.3 Å². The van der Waals surface area contributed by atoms with E-state index in [1.165, 1.54) is 0 Å². The number of carbonyl (C=O) groups is 1. The molecule has 1 atom stereocenters. The molecule has 0 bridgehead atoms. The van der Waals surface area contributed by atoms with Crippen molar-refractivity contribution in [1.29, 1.82) is 0 Å². The van der Waals surface area contributed by atoms with E-state index in [9.17, 15) is 9.90 Å². The van der Waals surface area contributed by atoms with Crippen LogP contribution in [0.25, 0.3) is 11.5 Å². The average Bonchev–Trinajstić information content (AvgIpc) is 3.43. The first-order chi connectivity index (χ1) is 15.1. The second-order valence-electron chi connectivity index (χ2n) is 7.09. The third-order valence-electron chi connectivity index (χ3n) is 4.88. The highest BCUT2D eigenvalue weighted by Crippen LogP contribution is 2.22. The topological polar surface area (TPSA) is 77.5 Å². The molecule has 0 saturated carbocycles. The standard InChI is InChI=1S/C24H21BrN2O4/c25-19-10-12-27(15-19)22(24(28)29)14-17-6-8-21(9-7-17)30-13-11-20-16-31-23(26-20)18-4-2-1-3-5-18/h1-10,12,15-16,22H,11,13-14H2,(H,28,29). The fourth-order valence-corrected chi connectivity index (χ4v) is 3.61. The van der Waals surface area contributed by atoms with Crippen molar-refractivity contribution in [2.24, 2.45) is 0 Å². The number of halogens is 1. The van der Waals surface area contributed by atoms with Crippen molar-refractivity contribution in [1.82, 2.24) is 9.55 Å². The van der Waals surface area contributed by atoms with Crippen molar-refractivity contribution in [3.8, 4) is 17.2 Å². The number of oxazole rings is 1. The van der Waals surface area contributed by atoms with E-state index in [4.69, 9.17) is 9.15 Å². The van der Waals surface area contributed by atoms with Crippen molar-refractivity contribution < 1.29 is 19.1 Å². The zero-order chi connectivity index (χ0) is 21.6. The fourth-order valence-electron chi connectivity index (χ4n) is 3.25. The monoisotopic (exact) mass is 480 g/mol. The second kappa shape index (κ2) is 9.66. The van der Waals surface area contributed by atoms with Gasteiger partial charge in [0.05, 0.1) is 12.3 Å². The maximum atomic E-state index is 11.7. The summed E-state index contributed by atoms with van der Waals surface area (Å²) in [7, 11) is 0. The number of carboxylic acids is 1. The maximum absolute atomic E-state index is 11.7. The van der Waals surface area contributed by atoms with Crippen molar-refractivity contribution in [2.45, 2.75) is 18.9 Å². The molecule has 0 saturated heterocycles. The number of hydrogen-bond acceptors (Lipinski definition) is 4. The number of benzene rings is 2. The Kier molecular flexibility index (Phi) is 6.52. The third-order valence-corrected chi connectivity index (χ3v) is 5.34. The largest absolute Gasteiger partial charge is 0.493 e. The molecule has 4 rings (SSSR count). The van der Waals surface area contributed by atoms with Gasteiger partial charge in [-0.2, -0.15) is 0 Å². The van der Waals surface area contributed by atoms with Crippen molar-refractivity contribution >= 4 is 21.9 Å². The summed E-state index contributed by atoms with van der Waals surface area (Å²) in [4.78, 5) is 16.2. The molecule has 4 aromatic rings. The lowest BCUT2D eigenvalue weighted by Gasteiger charge is -2.15. The van der Waals surface area contributed by atoms with Crippen LogP contribution in [0.15, 0.2) is 88.2 Å². The Morgan fingerprint density at radius 2 is 1.90 bits per heavy atom. The van der Waals surface area contributed by atoms with E-state index in [0.717, 1.165) is 27.0 Å². The van der Waals surface area contributed by atoms with Crippen LogP contribution in [0.3, 0.4) is 0 Å². The Balaban J connectivity index is 1.31. The maximum Gasteiger partial charge on any atom is 0.327 e. The Morgan fingerprint density at radius 3 is 2.58 bits per heavy atom. The Labute approximate surface area is 188 Å². The summed E-state index contributed by atoms with van der Waals surface area (Å²) in [6.45, 7) is 0.468. The predicted octanol–water partition coefficient (Wildman–Crippen LogP) is 5.40. The van der Waals surface area contributed by atoms with Gasteiger partial charge in [0.1, 0.15) is 18.1 Å². The highest BCUT2D eigenvalue weighted by molar-refractivity contribution is 9.10. The smallest absolute Gasteiger partial charge is 0.327 e. The van der Waals surface area contributed by atoms with Gasteiger partial charge in [-0.25, -0.2) is 9.78 Å². The first kappa shape index (κ1) is 20.9. The summed E-state index contributed by atoms with van der Waals surface area (Å²) >= 11 is 3.36. The molecule has 158 valence electrons. The summed E-state index contributed by atoms with van der Waals surface area (Å²) in [5.41, 5.74) is 2.70. The quantitative estimate of drug-likeness (QED) is 0.347. The van der Waals surface area contributed by atoms with Crippen LogP contribution < -0.4 is 4.74 Å². The fraction of sp³-hybridized carbons (Fsp3) is 0.167. The van der Waals surface area contributed by atoms with Crippen molar-refractivity contribution in [3.63, 3.8) is 0 Å². The van der Waals surface area contributed by atoms with Crippen molar-refractivity contribution in [3.05, 3.63) is 95.1 Å². The van der Waals surface area contributed by atoms with E-state index in [1.807, 2.05) is 60.7 Å². The van der Waals surface area contributed by atoms with Gasteiger partial charge in [0.15, 0.2) is 0 Å². The minimum Gasteiger partial charge on any atom is -0.493 e. The second-order valence-corrected chi connectivity index (χ2v) is 8.00. The summed E-state index contributed by atoms with van der Waals surface area (Å²) in [5.74, 6) is 0.458. The molecule has 0 spiro atoms. The molecule has 31 heavy (non-hydrogen) atoms. The number of carboxylic acid groups (broad SMARTS) is 1. The van der Waals surface area contributed by atoms with Crippen LogP contribution in [0, 0.1) is 0 Å². The predicted molar refractivity (Wildman–Crippen MR) is 120 cm³/mol. The number of nitrogens with zero attached hydrogens (tertiary/aromatic N) is 2. The molecule has 0 aliphatic carbocycles. The molecule has 0 amide bonds. The molecule has 7 heteroatoms. The summed E-state index contributed by atoms with van der Waals surface area (Å²) in [6, 6.07) is 18.4. The van der Waals surface area contributed by atoms with Gasteiger partial charge in [0.25, 0.3) is 0 Å². The van der Waals surface area contributed by atoms with Crippen LogP contribution in [0.5, 0.6) is 5.75 Å². The number of rotatable bonds is 9. The van der Waals surface area contributed by atoms with Crippen molar-refractivity contribution in [2.75, 3.05) is 6.61 Å². The van der Waals surface area contributed by atoms with E-state index in [-0.39, 0.29) is 0 Å². The van der Waals surface area contributed by atoms with Crippen LogP contribution in [0.2, 0.25) is 0 Å². The van der Waals surface area contributed by atoms with Gasteiger partial charge in [-0.05, 0) is 51.8 Å². The van der Waals surface area contributed by atoms with Gasteiger partial charge in [0, 0.05) is 35.3 Å². The van der Waals surface area contributed by atoms with Gasteiger partial charge < -0.3 is 18.8 Å². The number of aromatic nitrogens is 2. The van der Waals surface area contributed by atoms with E-state index in [2.05, 4.69) is 20.9 Å². The van der Waals surface area contributed by atoms with Crippen LogP contribution in [0.4, 0.5) is 0 Å². The van der Waals surface area contributed by atoms with Gasteiger partial charge in [-0.1, -0.05) is 30.3 Å². The summed E-state index contributed by atoms with van der Waals surface area (Å²) in [6.07, 6.45) is 6.19. The molecule has 1 unspecified atom stereocenters. The molecule has 0 fully saturated rings. The minimum absolute atomic E-state index is 0.387. The molecule has 2 heterocycles. The molecule has 0 aliphatic rings. The van der Waals surface area contributed by atoms with E-state index < -0.39 is 12.0 Å². The minimum atomic E-state index is -0.870. The molecule has 6 nitrogen and oxygen atoms in total. The van der Waals surface area contributed by atoms with Gasteiger partial charge >= 0.3 is 5.97 Å². The molecule has 0 aliphatic heterocycles. The van der Waals surface area contributed by atoms with Crippen LogP contribution >= 0.6 is 15.9 Å². The lowest BCUT2D eigenvalue weighted by molar-refractivity contribution is -0.140. The summed E-state index contributed by atoms with van der Waals surface area (Å²) < 4.78 is 13.9. The Morgan fingerprint density at radius 1 is 1.13 bits per heavy atom. The highest BCUT2D eigenvalue weighted by atomic mass is 79.9. The van der Waals surface area contributed by atoms with Crippen LogP contribution in [-0.2, 0) is 17.6 Å². The van der Waals surface area contributed by atoms with Gasteiger partial charge in [0.2, 0.25) is 5.89 Å². The summed E-state index contributed by atoms with van der Waals surface area (Å²) in [5, 5.41) is 9.58. The van der Waals surface area contributed by atoms with E-state index in [1.54, 1.807) is 23.2 Å². The van der Waals surface area contributed by atoms with Crippen LogP contribution in [0.1, 0.15) is 17.3 Å². The lowest BCUT2D eigenvalue weighted by Crippen LogP contribution is -2.20. The first-order valence-corrected chi connectivity index (χ1v) is 10.6. The van der Waals surface area contributed by atoms with Gasteiger partial charge in [-0.3, -0.25) is 0 Å². The molecule has 2 aromatic carbocycles. The lowest BCUT2D eigenvalue weighted by atomic mass is 10.1. The molecular weight excluding hydrogens is 460 g/mol. The zero-order valence-corrected chi connectivity index (χ0v) is 18.2. The van der Waals surface area contributed by atoms with E-state index >= 15 is 0 Å². The Bertz CT molecular complexity index is 1140. The first-order valence-electron chi connectivity index (χ1n) is 9.86. The zero-order valence-electron chi connectivity index (χ0n) is 16.6. The molecule has 0 radical (unpaired) electrons. The SMILES string of the molecule is O=C(O)C(Cc1ccc(OCCc2coc(-c3ccccc3)n2)cc1)n1ccc(Br)c1. The molecule has 2 aromatic heterocycles.